The fourth-order valence-corrected chi connectivity index (χ4v) is 5.18. The number of hydrogen-bond acceptors (Lipinski definition) is 6. The van der Waals surface area contributed by atoms with Gasteiger partial charge >= 0.3 is 0 Å². The second-order valence-electron chi connectivity index (χ2n) is 9.67. The predicted octanol–water partition coefficient (Wildman–Crippen LogP) is 6.40. The Hall–Kier alpha value is -4.30. The molecule has 8 heteroatoms. The molecule has 1 unspecified atom stereocenters. The minimum Gasteiger partial charge on any atom is -0.464 e. The molecule has 1 aliphatic rings. The highest BCUT2D eigenvalue weighted by Gasteiger charge is 2.26. The van der Waals surface area contributed by atoms with Crippen LogP contribution in [0.5, 0.6) is 0 Å². The Morgan fingerprint density at radius 2 is 2.08 bits per heavy atom. The molecule has 192 valence electrons. The van der Waals surface area contributed by atoms with E-state index in [2.05, 4.69) is 26.2 Å². The smallest absolute Gasteiger partial charge is 0.223 e. The van der Waals surface area contributed by atoms with Crippen LogP contribution in [0, 0.1) is 17.1 Å². The third kappa shape index (κ3) is 4.70. The molecule has 7 nitrogen and oxygen atoms in total. The zero-order chi connectivity index (χ0) is 26.1. The third-order valence-electron chi connectivity index (χ3n) is 7.17. The first-order valence-corrected chi connectivity index (χ1v) is 12.7. The van der Waals surface area contributed by atoms with E-state index >= 15 is 0 Å². The number of aromatic nitrogens is 2. The van der Waals surface area contributed by atoms with Gasteiger partial charge in [-0.25, -0.2) is 4.39 Å². The maximum Gasteiger partial charge on any atom is 0.223 e. The van der Waals surface area contributed by atoms with Crippen LogP contribution in [0.4, 0.5) is 4.39 Å². The van der Waals surface area contributed by atoms with Crippen LogP contribution >= 0.6 is 0 Å². The molecule has 1 fully saturated rings. The molecule has 5 aromatic rings. The molecular formula is C30H28FN5O2. The van der Waals surface area contributed by atoms with E-state index in [0.717, 1.165) is 58.1 Å². The summed E-state index contributed by atoms with van der Waals surface area (Å²) in [5, 5.41) is 18.3. The summed E-state index contributed by atoms with van der Waals surface area (Å²) in [6.07, 6.45) is 3.46. The average molecular weight is 510 g/mol. The van der Waals surface area contributed by atoms with Gasteiger partial charge in [0.1, 0.15) is 11.4 Å². The largest absolute Gasteiger partial charge is 0.464 e. The highest BCUT2D eigenvalue weighted by atomic mass is 19.1. The molecule has 3 aromatic carbocycles. The summed E-state index contributed by atoms with van der Waals surface area (Å²) in [6, 6.07) is 20.7. The Kier molecular flexibility index (Phi) is 6.47. The lowest BCUT2D eigenvalue weighted by molar-refractivity contribution is 0.185. The fraction of sp³-hybridized carbons (Fsp3) is 0.233. The molecule has 0 amide bonds. The third-order valence-corrected chi connectivity index (χ3v) is 7.17. The first-order valence-electron chi connectivity index (χ1n) is 12.7. The number of hydrogen-bond donors (Lipinski definition) is 2. The monoisotopic (exact) mass is 509 g/mol. The second-order valence-corrected chi connectivity index (χ2v) is 9.67. The van der Waals surface area contributed by atoms with E-state index in [9.17, 15) is 4.39 Å². The maximum absolute atomic E-state index is 14.2. The summed E-state index contributed by atoms with van der Waals surface area (Å²) in [7, 11) is 1.67. The van der Waals surface area contributed by atoms with Crippen molar-refractivity contribution in [3.63, 3.8) is 0 Å². The van der Waals surface area contributed by atoms with Crippen molar-refractivity contribution in [2.45, 2.75) is 19.4 Å². The minimum atomic E-state index is -0.194. The van der Waals surface area contributed by atoms with Gasteiger partial charge in [0.2, 0.25) is 5.90 Å². The summed E-state index contributed by atoms with van der Waals surface area (Å²) in [5.74, 6) is 0.296. The number of nitrogens with one attached hydrogen (secondary N) is 2. The lowest BCUT2D eigenvalue weighted by Crippen LogP contribution is -2.39. The molecule has 2 aromatic heterocycles. The van der Waals surface area contributed by atoms with Gasteiger partial charge in [0.15, 0.2) is 5.90 Å². The van der Waals surface area contributed by atoms with E-state index in [4.69, 9.17) is 14.6 Å². The van der Waals surface area contributed by atoms with E-state index in [1.54, 1.807) is 19.4 Å². The quantitative estimate of drug-likeness (QED) is 0.212. The van der Waals surface area contributed by atoms with E-state index in [1.807, 2.05) is 48.5 Å². The summed E-state index contributed by atoms with van der Waals surface area (Å²) in [4.78, 5) is 6.55. The number of H-pyrrole nitrogens is 1. The number of aromatic amines is 1. The van der Waals surface area contributed by atoms with Crippen molar-refractivity contribution in [2.24, 2.45) is 10.9 Å². The van der Waals surface area contributed by atoms with Crippen LogP contribution < -0.4 is 0 Å². The molecule has 1 saturated heterocycles. The number of halogens is 1. The first-order chi connectivity index (χ1) is 18.6. The van der Waals surface area contributed by atoms with E-state index in [0.29, 0.717) is 24.6 Å². The standard InChI is InChI=1S/C30H28FN5O2/c1-33-30(38-29(32)23-6-4-13-36(18-23)17-22-5-2-3-7-25(22)31)21-8-10-26-24(16-21)28(35-34-26)20-9-11-27-19(15-20)12-14-37-27/h2-3,5,7-12,14-16,23,32H,4,6,13,17-18H2,1H3,(H,34,35). The lowest BCUT2D eigenvalue weighted by Gasteiger charge is -2.32. The highest BCUT2D eigenvalue weighted by Crippen LogP contribution is 2.30. The Bertz CT molecular complexity index is 1650. The molecule has 6 rings (SSSR count). The van der Waals surface area contributed by atoms with E-state index in [-0.39, 0.29) is 17.6 Å². The van der Waals surface area contributed by atoms with Gasteiger partial charge in [-0.2, -0.15) is 5.10 Å². The molecule has 0 aliphatic carbocycles. The van der Waals surface area contributed by atoms with E-state index < -0.39 is 0 Å². The fourth-order valence-electron chi connectivity index (χ4n) is 5.18. The Labute approximate surface area is 219 Å². The van der Waals surface area contributed by atoms with Gasteiger partial charge in [0.05, 0.1) is 17.5 Å². The molecule has 0 spiro atoms. The number of aliphatic imine (C=N–C) groups is 1. The molecule has 3 heterocycles. The van der Waals surface area contributed by atoms with Crippen LogP contribution in [0.2, 0.25) is 0 Å². The molecule has 0 saturated carbocycles. The number of furan rings is 1. The summed E-state index contributed by atoms with van der Waals surface area (Å²) in [6.45, 7) is 2.04. The molecule has 1 atom stereocenters. The van der Waals surface area contributed by atoms with Crippen molar-refractivity contribution >= 4 is 33.7 Å². The first kappa shape index (κ1) is 24.1. The van der Waals surface area contributed by atoms with Gasteiger partial charge in [-0.3, -0.25) is 20.4 Å². The molecular weight excluding hydrogens is 481 g/mol. The molecule has 0 bridgehead atoms. The van der Waals surface area contributed by atoms with Crippen LogP contribution in [0.25, 0.3) is 33.1 Å². The van der Waals surface area contributed by atoms with E-state index in [1.165, 1.54) is 6.07 Å². The Morgan fingerprint density at radius 3 is 2.95 bits per heavy atom. The maximum atomic E-state index is 14.2. The number of benzene rings is 3. The summed E-state index contributed by atoms with van der Waals surface area (Å²) >= 11 is 0. The van der Waals surface area contributed by atoms with Gasteiger partial charge in [0, 0.05) is 53.5 Å². The van der Waals surface area contributed by atoms with Crippen molar-refractivity contribution in [3.05, 3.63) is 89.9 Å². The SMILES string of the molecule is CN=C(OC(=N)C1CCCN(Cc2ccccc2F)C1)c1ccc2[nH]nc(-c3ccc4occc4c3)c2c1. The molecule has 1 aliphatic heterocycles. The second kappa shape index (κ2) is 10.2. The number of nitrogens with zero attached hydrogens (tertiary/aromatic N) is 3. The normalized spacial score (nSPS) is 16.8. The van der Waals surface area contributed by atoms with Crippen molar-refractivity contribution in [1.29, 1.82) is 5.41 Å². The number of rotatable bonds is 5. The molecule has 2 N–H and O–H groups in total. The van der Waals surface area contributed by atoms with Gasteiger partial charge in [0.25, 0.3) is 0 Å². The zero-order valence-corrected chi connectivity index (χ0v) is 21.1. The van der Waals surface area contributed by atoms with Crippen LogP contribution in [0.1, 0.15) is 24.0 Å². The number of ether oxygens (including phenoxy) is 1. The lowest BCUT2D eigenvalue weighted by atomic mass is 9.97. The van der Waals surface area contributed by atoms with Crippen LogP contribution in [0.15, 0.2) is 82.4 Å². The zero-order valence-electron chi connectivity index (χ0n) is 21.1. The van der Waals surface area contributed by atoms with Crippen molar-refractivity contribution in [3.8, 4) is 11.3 Å². The van der Waals surface area contributed by atoms with Crippen molar-refractivity contribution in [2.75, 3.05) is 20.1 Å². The number of likely N-dealkylation sites (tertiary alicyclic amines) is 1. The average Bonchev–Trinajstić information content (AvgIpc) is 3.59. The van der Waals surface area contributed by atoms with Crippen LogP contribution in [-0.4, -0.2) is 47.0 Å². The topological polar surface area (TPSA) is 90.5 Å². The number of fused-ring (bicyclic) bond motifs is 2. The summed E-state index contributed by atoms with van der Waals surface area (Å²) < 4.78 is 25.7. The molecule has 38 heavy (non-hydrogen) atoms. The van der Waals surface area contributed by atoms with Crippen molar-refractivity contribution < 1.29 is 13.5 Å². The minimum absolute atomic E-state index is 0.0813. The summed E-state index contributed by atoms with van der Waals surface area (Å²) in [5.41, 5.74) is 4.98. The highest BCUT2D eigenvalue weighted by molar-refractivity contribution is 6.05. The van der Waals surface area contributed by atoms with Gasteiger partial charge in [-0.1, -0.05) is 18.2 Å². The Morgan fingerprint density at radius 1 is 1.18 bits per heavy atom. The number of piperidine rings is 1. The van der Waals surface area contributed by atoms with Crippen LogP contribution in [0.3, 0.4) is 0 Å². The van der Waals surface area contributed by atoms with Gasteiger partial charge in [-0.15, -0.1) is 0 Å². The van der Waals surface area contributed by atoms with Crippen molar-refractivity contribution in [1.82, 2.24) is 15.1 Å². The Balaban J connectivity index is 1.20. The van der Waals surface area contributed by atoms with Crippen LogP contribution in [-0.2, 0) is 11.3 Å². The van der Waals surface area contributed by atoms with Gasteiger partial charge in [-0.05, 0) is 67.9 Å². The van der Waals surface area contributed by atoms with Gasteiger partial charge < -0.3 is 9.15 Å². The molecule has 0 radical (unpaired) electrons. The predicted molar refractivity (Wildman–Crippen MR) is 147 cm³/mol.